The van der Waals surface area contributed by atoms with Gasteiger partial charge in [-0.15, -0.1) is 0 Å². The van der Waals surface area contributed by atoms with Gasteiger partial charge in [-0.05, 0) is 36.2 Å². The molecule has 0 saturated heterocycles. The first-order valence-electron chi connectivity index (χ1n) is 7.70. The zero-order chi connectivity index (χ0) is 17.8. The predicted molar refractivity (Wildman–Crippen MR) is 93.4 cm³/mol. The number of carbonyl (C=O) groups excluding carboxylic acids is 1. The summed E-state index contributed by atoms with van der Waals surface area (Å²) in [6.07, 6.45) is 5.16. The van der Waals surface area contributed by atoms with Gasteiger partial charge in [-0.1, -0.05) is 13.0 Å². The molecule has 2 aromatic heterocycles. The van der Waals surface area contributed by atoms with Gasteiger partial charge in [0.1, 0.15) is 5.69 Å². The summed E-state index contributed by atoms with van der Waals surface area (Å²) in [5.41, 5.74) is 9.26. The number of amides is 1. The Labute approximate surface area is 144 Å². The second kappa shape index (κ2) is 7.04. The Morgan fingerprint density at radius 2 is 1.88 bits per heavy atom. The molecule has 0 atom stereocenters. The fourth-order valence-electron chi connectivity index (χ4n) is 2.23. The van der Waals surface area contributed by atoms with E-state index in [1.807, 2.05) is 6.92 Å². The van der Waals surface area contributed by atoms with E-state index in [0.717, 1.165) is 17.7 Å². The molecule has 0 aliphatic rings. The lowest BCUT2D eigenvalue weighted by Crippen LogP contribution is -2.15. The predicted octanol–water partition coefficient (Wildman–Crippen LogP) is 3.07. The molecule has 1 amide bonds. The standard InChI is InChI=1S/C18H16FN5O/c1-2-13-9-22-16(10-21-13)18(25)24-15-7-11(3-5-14(15)20)12-4-6-17(19)23-8-12/h3-10H,2,20H2,1H3,(H,24,25). The number of pyridine rings is 1. The molecule has 0 radical (unpaired) electrons. The Morgan fingerprint density at radius 3 is 2.52 bits per heavy atom. The smallest absolute Gasteiger partial charge is 0.275 e. The van der Waals surface area contributed by atoms with Gasteiger partial charge in [-0.2, -0.15) is 4.39 Å². The Hall–Kier alpha value is -3.35. The van der Waals surface area contributed by atoms with E-state index in [1.54, 1.807) is 30.5 Å². The molecule has 0 aliphatic heterocycles. The molecule has 0 bridgehead atoms. The van der Waals surface area contributed by atoms with Crippen LogP contribution in [0.1, 0.15) is 23.1 Å². The maximum absolute atomic E-state index is 13.0. The highest BCUT2D eigenvalue weighted by Crippen LogP contribution is 2.27. The highest BCUT2D eigenvalue weighted by atomic mass is 19.1. The van der Waals surface area contributed by atoms with Crippen molar-refractivity contribution in [2.24, 2.45) is 0 Å². The monoisotopic (exact) mass is 337 g/mol. The van der Waals surface area contributed by atoms with Gasteiger partial charge in [-0.25, -0.2) is 9.97 Å². The van der Waals surface area contributed by atoms with E-state index in [0.29, 0.717) is 16.9 Å². The third-order valence-electron chi connectivity index (χ3n) is 3.66. The summed E-state index contributed by atoms with van der Waals surface area (Å²) in [5, 5.41) is 2.72. The number of rotatable bonds is 4. The summed E-state index contributed by atoms with van der Waals surface area (Å²) < 4.78 is 13.0. The lowest BCUT2D eigenvalue weighted by Gasteiger charge is -2.10. The summed E-state index contributed by atoms with van der Waals surface area (Å²) >= 11 is 0. The first kappa shape index (κ1) is 16.5. The molecule has 0 unspecified atom stereocenters. The summed E-state index contributed by atoms with van der Waals surface area (Å²) in [6.45, 7) is 1.96. The van der Waals surface area contributed by atoms with Crippen LogP contribution in [0.15, 0.2) is 48.9 Å². The maximum Gasteiger partial charge on any atom is 0.275 e. The van der Waals surface area contributed by atoms with Gasteiger partial charge in [0.15, 0.2) is 0 Å². The van der Waals surface area contributed by atoms with E-state index in [-0.39, 0.29) is 5.69 Å². The van der Waals surface area contributed by atoms with Crippen molar-refractivity contribution in [3.05, 3.63) is 66.3 Å². The fourth-order valence-corrected chi connectivity index (χ4v) is 2.23. The summed E-state index contributed by atoms with van der Waals surface area (Å²) in [6, 6.07) is 8.02. The molecule has 0 fully saturated rings. The third-order valence-corrected chi connectivity index (χ3v) is 3.66. The number of nitrogens with two attached hydrogens (primary N) is 1. The van der Waals surface area contributed by atoms with E-state index in [1.165, 1.54) is 18.5 Å². The number of aryl methyl sites for hydroxylation is 1. The van der Waals surface area contributed by atoms with Crippen LogP contribution in [-0.4, -0.2) is 20.9 Å². The number of aromatic nitrogens is 3. The van der Waals surface area contributed by atoms with Crippen molar-refractivity contribution in [2.45, 2.75) is 13.3 Å². The van der Waals surface area contributed by atoms with Crippen LogP contribution in [0.3, 0.4) is 0 Å². The minimum absolute atomic E-state index is 0.199. The highest BCUT2D eigenvalue weighted by molar-refractivity contribution is 6.04. The zero-order valence-electron chi connectivity index (χ0n) is 13.5. The van der Waals surface area contributed by atoms with Gasteiger partial charge < -0.3 is 11.1 Å². The number of nitrogens with zero attached hydrogens (tertiary/aromatic N) is 3. The van der Waals surface area contributed by atoms with E-state index in [9.17, 15) is 9.18 Å². The molecule has 0 aliphatic carbocycles. The first-order valence-corrected chi connectivity index (χ1v) is 7.70. The van der Waals surface area contributed by atoms with Gasteiger partial charge in [-0.3, -0.25) is 9.78 Å². The van der Waals surface area contributed by atoms with Crippen LogP contribution < -0.4 is 11.1 Å². The van der Waals surface area contributed by atoms with Crippen molar-refractivity contribution in [1.82, 2.24) is 15.0 Å². The first-order chi connectivity index (χ1) is 12.1. The second-order valence-corrected chi connectivity index (χ2v) is 5.37. The van der Waals surface area contributed by atoms with Crippen molar-refractivity contribution >= 4 is 17.3 Å². The van der Waals surface area contributed by atoms with Crippen LogP contribution >= 0.6 is 0 Å². The average molecular weight is 337 g/mol. The van der Waals surface area contributed by atoms with E-state index >= 15 is 0 Å². The van der Waals surface area contributed by atoms with E-state index < -0.39 is 11.9 Å². The largest absolute Gasteiger partial charge is 0.397 e. The molecule has 3 N–H and O–H groups in total. The lowest BCUT2D eigenvalue weighted by molar-refractivity contribution is 0.102. The highest BCUT2D eigenvalue weighted by Gasteiger charge is 2.11. The summed E-state index contributed by atoms with van der Waals surface area (Å²) in [4.78, 5) is 24.2. The van der Waals surface area contributed by atoms with Crippen LogP contribution in [0, 0.1) is 5.95 Å². The minimum atomic E-state index is -0.554. The van der Waals surface area contributed by atoms with Crippen molar-refractivity contribution < 1.29 is 9.18 Å². The van der Waals surface area contributed by atoms with Crippen LogP contribution in [0.2, 0.25) is 0 Å². The SMILES string of the molecule is CCc1cnc(C(=O)Nc2cc(-c3ccc(F)nc3)ccc2N)cn1. The average Bonchev–Trinajstić information content (AvgIpc) is 2.64. The number of benzene rings is 1. The fraction of sp³-hybridized carbons (Fsp3) is 0.111. The number of hydrogen-bond acceptors (Lipinski definition) is 5. The molecule has 1 aromatic carbocycles. The normalized spacial score (nSPS) is 10.5. The van der Waals surface area contributed by atoms with Crippen LogP contribution in [-0.2, 0) is 6.42 Å². The van der Waals surface area contributed by atoms with Crippen molar-refractivity contribution in [2.75, 3.05) is 11.1 Å². The molecule has 126 valence electrons. The Morgan fingerprint density at radius 1 is 1.08 bits per heavy atom. The molecule has 25 heavy (non-hydrogen) atoms. The van der Waals surface area contributed by atoms with Gasteiger partial charge in [0.2, 0.25) is 5.95 Å². The molecular formula is C18H16FN5O. The Bertz CT molecular complexity index is 894. The summed E-state index contributed by atoms with van der Waals surface area (Å²) in [5.74, 6) is -0.960. The van der Waals surface area contributed by atoms with Gasteiger partial charge in [0.05, 0.1) is 23.3 Å². The Kier molecular flexibility index (Phi) is 4.65. The van der Waals surface area contributed by atoms with Crippen LogP contribution in [0.4, 0.5) is 15.8 Å². The van der Waals surface area contributed by atoms with Crippen molar-refractivity contribution in [3.63, 3.8) is 0 Å². The molecule has 3 aromatic rings. The number of nitrogens with one attached hydrogen (secondary N) is 1. The second-order valence-electron chi connectivity index (χ2n) is 5.37. The quantitative estimate of drug-likeness (QED) is 0.564. The van der Waals surface area contributed by atoms with E-state index in [4.69, 9.17) is 5.73 Å². The summed E-state index contributed by atoms with van der Waals surface area (Å²) in [7, 11) is 0. The van der Waals surface area contributed by atoms with Crippen molar-refractivity contribution in [1.29, 1.82) is 0 Å². The number of hydrogen-bond donors (Lipinski definition) is 2. The number of carbonyl (C=O) groups is 1. The molecule has 6 nitrogen and oxygen atoms in total. The molecular weight excluding hydrogens is 321 g/mol. The third kappa shape index (κ3) is 3.77. The van der Waals surface area contributed by atoms with Crippen molar-refractivity contribution in [3.8, 4) is 11.1 Å². The number of nitrogen functional groups attached to an aromatic ring is 1. The van der Waals surface area contributed by atoms with Crippen LogP contribution in [0.25, 0.3) is 11.1 Å². The van der Waals surface area contributed by atoms with Gasteiger partial charge in [0, 0.05) is 18.0 Å². The molecule has 0 saturated carbocycles. The van der Waals surface area contributed by atoms with E-state index in [2.05, 4.69) is 20.3 Å². The van der Waals surface area contributed by atoms with Gasteiger partial charge >= 0.3 is 0 Å². The van der Waals surface area contributed by atoms with Gasteiger partial charge in [0.25, 0.3) is 5.91 Å². The molecule has 0 spiro atoms. The maximum atomic E-state index is 13.0. The number of halogens is 1. The minimum Gasteiger partial charge on any atom is -0.397 e. The lowest BCUT2D eigenvalue weighted by atomic mass is 10.1. The topological polar surface area (TPSA) is 93.8 Å². The number of anilines is 2. The van der Waals surface area contributed by atoms with Crippen LogP contribution in [0.5, 0.6) is 0 Å². The molecule has 7 heteroatoms. The zero-order valence-corrected chi connectivity index (χ0v) is 13.5. The Balaban J connectivity index is 1.84. The molecule has 2 heterocycles. The molecule has 3 rings (SSSR count).